The van der Waals surface area contributed by atoms with Crippen molar-refractivity contribution in [1.29, 1.82) is 0 Å². The molecule has 8 amide bonds. The molecule has 4 aliphatic heterocycles. The van der Waals surface area contributed by atoms with Crippen molar-refractivity contribution in [2.45, 2.75) is 66.1 Å². The Kier molecular flexibility index (Phi) is 23.3. The van der Waals surface area contributed by atoms with Crippen molar-refractivity contribution >= 4 is 139 Å². The number of para-hydroxylation sites is 4. The minimum absolute atomic E-state index is 0.0116. The summed E-state index contributed by atoms with van der Waals surface area (Å²) in [6.45, 7) is 3.63. The molecule has 2 fully saturated rings. The molecule has 0 bridgehead atoms. The smallest absolute Gasteiger partial charge is 0.320 e. The number of anilines is 17. The predicted octanol–water partition coefficient (Wildman–Crippen LogP) is 10.8. The molecule has 0 radical (unpaired) electrons. The van der Waals surface area contributed by atoms with Crippen LogP contribution in [0.3, 0.4) is 0 Å². The summed E-state index contributed by atoms with van der Waals surface area (Å²) in [6.07, 6.45) is 13.0. The fourth-order valence-corrected chi connectivity index (χ4v) is 16.0. The van der Waals surface area contributed by atoms with E-state index in [1.165, 1.54) is 55.6 Å². The van der Waals surface area contributed by atoms with Crippen LogP contribution in [-0.2, 0) is 63.9 Å². The Morgan fingerprint density at radius 3 is 1.16 bits per heavy atom. The van der Waals surface area contributed by atoms with E-state index in [2.05, 4.69) is 159 Å². The van der Waals surface area contributed by atoms with E-state index in [1.807, 2.05) is 124 Å². The molecule has 9 aromatic heterocycles. The Labute approximate surface area is 759 Å². The molecule has 13 heterocycles. The van der Waals surface area contributed by atoms with Crippen LogP contribution in [0.5, 0.6) is 0 Å². The molecule has 2 saturated carbocycles. The molecule has 6 aliphatic rings. The maximum Gasteiger partial charge on any atom is 0.320 e. The number of hydrogen-bond acceptors (Lipinski definition) is 28. The summed E-state index contributed by atoms with van der Waals surface area (Å²) >= 11 is 0. The number of nitrogens with zero attached hydrogens (tertiary/aromatic N) is 20. The van der Waals surface area contributed by atoms with Crippen LogP contribution < -0.4 is 88.7 Å². The van der Waals surface area contributed by atoms with Crippen molar-refractivity contribution in [3.63, 3.8) is 0 Å². The first-order chi connectivity index (χ1) is 64.5. The van der Waals surface area contributed by atoms with Crippen LogP contribution in [0.25, 0.3) is 45.0 Å². The van der Waals surface area contributed by atoms with Crippen LogP contribution in [0, 0.1) is 31.6 Å². The maximum atomic E-state index is 12.6. The van der Waals surface area contributed by atoms with Gasteiger partial charge in [-0.25, -0.2) is 24.7 Å². The number of carbonyl (C=O) groups is 7. The number of hydrogen-bond donors (Lipinski definition) is 13. The first-order valence-corrected chi connectivity index (χ1v) is 42.0. The van der Waals surface area contributed by atoms with Crippen molar-refractivity contribution in [3.05, 3.63) is 197 Å². The van der Waals surface area contributed by atoms with E-state index < -0.39 is 24.9 Å². The second-order valence-electron chi connectivity index (χ2n) is 32.2. The van der Waals surface area contributed by atoms with Gasteiger partial charge in [0.15, 0.2) is 23.0 Å². The summed E-state index contributed by atoms with van der Waals surface area (Å²) in [7, 11) is 22.4. The van der Waals surface area contributed by atoms with Gasteiger partial charge >= 0.3 is 6.03 Å². The molecular formula is C91H101N33O7. The zero-order chi connectivity index (χ0) is 96.1. The van der Waals surface area contributed by atoms with Gasteiger partial charge in [0.1, 0.15) is 23.3 Å². The average Bonchev–Trinajstić information content (AvgIpc) is 1.65. The van der Waals surface area contributed by atoms with Crippen molar-refractivity contribution in [2.75, 3.05) is 126 Å². The lowest BCUT2D eigenvalue weighted by atomic mass is 9.99. The summed E-state index contributed by atoms with van der Waals surface area (Å²) in [6, 6.07) is 30.9. The number of amides is 8. The van der Waals surface area contributed by atoms with Gasteiger partial charge in [0.25, 0.3) is 23.6 Å². The van der Waals surface area contributed by atoms with Crippen LogP contribution in [0.2, 0.25) is 0 Å². The highest BCUT2D eigenvalue weighted by atomic mass is 16.2. The zero-order valence-electron chi connectivity index (χ0n) is 78.8. The SMILES string of the molecule is CNC(=O)c1cnc(NC(=O)[C@@H]2C[C@H]2C)cc1Nc1cccc2c1N(C)Cc1cn(C)nc1-2.CNC(=O)c1nnc(Nc2cc(C)nc(C)n2)cc1Nc1cccc2c1N(C)Cc1cn(C)nc1-2.[2H]C1([2H])c2cn(C)nc2-c2cccc(Nc3cc(NC(=O)C4CC4)ncc3C(=O)NC)c2N1C.[2H]C1([2H])c2cn(C)nc2-c2cccc(Nc3cc(NC(=O)NC)nnc3C(=O)NC)c2N1C. The van der Waals surface area contributed by atoms with Gasteiger partial charge in [0.2, 0.25) is 11.8 Å². The van der Waals surface area contributed by atoms with Gasteiger partial charge in [0.05, 0.1) is 108 Å². The number of urea groups is 1. The van der Waals surface area contributed by atoms with Crippen molar-refractivity contribution in [1.82, 2.24) is 106 Å². The molecule has 13 N–H and O–H groups in total. The lowest BCUT2D eigenvalue weighted by Gasteiger charge is -2.29. The molecule has 40 nitrogen and oxygen atoms in total. The molecule has 0 saturated heterocycles. The molecule has 4 aromatic carbocycles. The average molecular weight is 1770 g/mol. The highest BCUT2D eigenvalue weighted by molar-refractivity contribution is 6.06. The highest BCUT2D eigenvalue weighted by Crippen LogP contribution is 2.49. The maximum absolute atomic E-state index is 12.6. The number of pyridine rings is 2. The van der Waals surface area contributed by atoms with Crippen LogP contribution in [0.1, 0.15) is 107 Å². The lowest BCUT2D eigenvalue weighted by Crippen LogP contribution is -2.26. The van der Waals surface area contributed by atoms with E-state index in [9.17, 15) is 33.6 Å². The number of aryl methyl sites for hydroxylation is 6. The Hall–Kier alpha value is -16.5. The van der Waals surface area contributed by atoms with Crippen molar-refractivity contribution in [3.8, 4) is 45.0 Å². The van der Waals surface area contributed by atoms with Gasteiger partial charge < -0.3 is 83.4 Å². The zero-order valence-corrected chi connectivity index (χ0v) is 74.8. The Bertz CT molecular complexity index is 6890. The molecule has 2 aliphatic carbocycles. The van der Waals surface area contributed by atoms with Crippen molar-refractivity contribution < 1.29 is 39.0 Å². The number of rotatable bonds is 19. The lowest BCUT2D eigenvalue weighted by molar-refractivity contribution is -0.118. The quantitative estimate of drug-likeness (QED) is 0.0358. The van der Waals surface area contributed by atoms with Crippen LogP contribution in [-0.4, -0.2) is 184 Å². The summed E-state index contributed by atoms with van der Waals surface area (Å²) in [5.41, 5.74) is 19.4. The fraction of sp³-hybridized carbons (Fsp3) is 0.286. The molecule has 0 unspecified atom stereocenters. The molecule has 2 atom stereocenters. The summed E-state index contributed by atoms with van der Waals surface area (Å²) in [5.74, 6) is 1.49. The summed E-state index contributed by atoms with van der Waals surface area (Å²) in [4.78, 5) is 111. The molecule has 0 spiro atoms. The number of benzene rings is 4. The molecule has 40 heteroatoms. The number of nitrogens with one attached hydrogen (secondary N) is 13. The summed E-state index contributed by atoms with van der Waals surface area (Å²) in [5, 5.41) is 72.0. The molecule has 13 aromatic rings. The second-order valence-corrected chi connectivity index (χ2v) is 32.2. The van der Waals surface area contributed by atoms with Gasteiger partial charge in [0, 0.05) is 247 Å². The van der Waals surface area contributed by atoms with E-state index in [0.29, 0.717) is 108 Å². The topological polar surface area (TPSA) is 463 Å². The van der Waals surface area contributed by atoms with E-state index >= 15 is 0 Å². The number of aromatic nitrogens is 16. The van der Waals surface area contributed by atoms with E-state index in [4.69, 9.17) is 5.48 Å². The third kappa shape index (κ3) is 18.7. The second kappa shape index (κ2) is 36.9. The highest BCUT2D eigenvalue weighted by Gasteiger charge is 2.40. The monoisotopic (exact) mass is 1770 g/mol. The molecule has 131 heavy (non-hydrogen) atoms. The minimum atomic E-state index is -1.82. The van der Waals surface area contributed by atoms with Gasteiger partial charge in [-0.1, -0.05) is 55.5 Å². The first kappa shape index (κ1) is 82.8. The number of carbonyl (C=O) groups excluding carboxylic acids is 7. The fourth-order valence-electron chi connectivity index (χ4n) is 16.0. The Morgan fingerprint density at radius 2 is 0.763 bits per heavy atom. The van der Waals surface area contributed by atoms with Gasteiger partial charge in [-0.3, -0.25) is 52.8 Å². The van der Waals surface area contributed by atoms with E-state index in [-0.39, 0.29) is 64.3 Å². The molecular weight excluding hydrogens is 1670 g/mol. The minimum Gasteiger partial charge on any atom is -0.368 e. The van der Waals surface area contributed by atoms with E-state index in [0.717, 1.165) is 94.4 Å². The van der Waals surface area contributed by atoms with Gasteiger partial charge in [-0.2, -0.15) is 20.4 Å². The third-order valence-electron chi connectivity index (χ3n) is 22.3. The third-order valence-corrected chi connectivity index (χ3v) is 22.3. The summed E-state index contributed by atoms with van der Waals surface area (Å²) < 4.78 is 41.6. The Morgan fingerprint density at radius 1 is 0.389 bits per heavy atom. The van der Waals surface area contributed by atoms with Gasteiger partial charge in [-0.05, 0) is 63.3 Å². The standard InChI is InChI=1S/C24H26N10O.C24H27N7O2.C23H25N7O2.C20H23N9O2/c1-13-9-19(27-14(2)26-13)29-20-10-18(22(31-30-20)24(35)25-3)28-17-8-6-7-16-21-15(12-34(5)32-21)11-33(4)23(16)17;1-13-8-16(13)24(33)28-20-9-19(17(10-26-20)23(32)25-2)27-18-7-5-6-15-21-14(12-31(4)29-21)11-30(3)22(15)18;1-24-23(32)16-10-25-19(27-22(31)13-7-8-13)9-18(16)26-17-6-4-5-15-20-14(12-30(3)28-20)11-29(2)21(15)17;1-21-19(30)17-14(8-15(25-26-17)24-20(31)22-2)23-13-7-5-6-12-16-11(10-29(4)27-16)9-28(3)18(12)13/h6-10,12H,11H2,1-5H3,(H,25,35)(H2,26,27,28,29,30);5-7,9-10,12-13,16H,8,11H2,1-4H3,(H,25,32)(H2,26,27,28,33);4-6,9-10,12-13H,7-8,11H2,1-3H3,(H,24,32)(H2,25,26,27,31);5-8,10H,9H2,1-4H3,(H,21,30)(H3,22,23,24,25,31)/t;13-,16-;;/m.1../s1/i;;11D2;9D2. The van der Waals surface area contributed by atoms with Crippen LogP contribution in [0.4, 0.5) is 102 Å². The Balaban J connectivity index is 0.000000131. The van der Waals surface area contributed by atoms with Crippen molar-refractivity contribution in [2.24, 2.45) is 45.9 Å². The number of fused-ring (bicyclic) bond motifs is 12. The largest absolute Gasteiger partial charge is 0.368 e. The predicted molar refractivity (Wildman–Crippen MR) is 502 cm³/mol. The molecule has 19 rings (SSSR count). The normalized spacial score (nSPS) is 15.4. The van der Waals surface area contributed by atoms with Crippen LogP contribution in [0.15, 0.2) is 140 Å². The first-order valence-electron chi connectivity index (χ1n) is 44.0. The molecule has 672 valence electrons. The van der Waals surface area contributed by atoms with Crippen LogP contribution >= 0.6 is 0 Å². The van der Waals surface area contributed by atoms with E-state index in [1.54, 1.807) is 93.2 Å². The van der Waals surface area contributed by atoms with Gasteiger partial charge in [-0.15, -0.1) is 20.4 Å².